The maximum atomic E-state index is 5.04. The summed E-state index contributed by atoms with van der Waals surface area (Å²) in [6.07, 6.45) is 3.03. The molecule has 3 heterocycles. The van der Waals surface area contributed by atoms with Crippen molar-refractivity contribution >= 4 is 16.9 Å². The van der Waals surface area contributed by atoms with Crippen LogP contribution < -0.4 is 0 Å². The van der Waals surface area contributed by atoms with Crippen molar-refractivity contribution in [1.82, 2.24) is 9.88 Å². The second-order valence-electron chi connectivity index (χ2n) is 6.25. The van der Waals surface area contributed by atoms with Crippen LogP contribution >= 0.6 is 11.8 Å². The van der Waals surface area contributed by atoms with Gasteiger partial charge in [-0.05, 0) is 31.0 Å². The van der Waals surface area contributed by atoms with Crippen LogP contribution in [0.2, 0.25) is 0 Å². The Morgan fingerprint density at radius 2 is 2.00 bits per heavy atom. The molecular formula is C19H21N3S. The molecule has 2 aromatic rings. The van der Waals surface area contributed by atoms with Crippen LogP contribution in [0.4, 0.5) is 0 Å². The van der Waals surface area contributed by atoms with Crippen LogP contribution in [0.15, 0.2) is 53.7 Å². The fourth-order valence-electron chi connectivity index (χ4n) is 3.47. The van der Waals surface area contributed by atoms with Crippen LogP contribution in [0, 0.1) is 6.92 Å². The molecule has 23 heavy (non-hydrogen) atoms. The number of nitrogens with zero attached hydrogens (tertiary/aromatic N) is 3. The molecule has 0 spiro atoms. The van der Waals surface area contributed by atoms with Gasteiger partial charge >= 0.3 is 0 Å². The van der Waals surface area contributed by atoms with E-state index in [0.29, 0.717) is 6.04 Å². The highest BCUT2D eigenvalue weighted by molar-refractivity contribution is 8.14. The van der Waals surface area contributed by atoms with Gasteiger partial charge in [-0.15, -0.1) is 0 Å². The Bertz CT molecular complexity index is 711. The van der Waals surface area contributed by atoms with Crippen LogP contribution in [0.1, 0.15) is 42.2 Å². The standard InChI is InChI=1S/C19H21N3S/c1-3-15-12-23-19-21-17(16-6-4-5-11-20-16)18(22(15)19)14-9-7-13(2)8-10-14/h4-11,15,17-18H,3,12H2,1-2H3/t15-,17+,18+/m1/s1. The number of benzene rings is 1. The van der Waals surface area contributed by atoms with E-state index in [4.69, 9.17) is 4.99 Å². The molecule has 2 aliphatic rings. The van der Waals surface area contributed by atoms with Crippen molar-refractivity contribution in [3.63, 3.8) is 0 Å². The van der Waals surface area contributed by atoms with E-state index in [0.717, 1.165) is 17.9 Å². The summed E-state index contributed by atoms with van der Waals surface area (Å²) < 4.78 is 0. The zero-order chi connectivity index (χ0) is 15.8. The SMILES string of the molecule is CC[C@@H]1CSC2=N[C@@H](c3ccccn3)[C@H](c3ccc(C)cc3)N21. The van der Waals surface area contributed by atoms with E-state index in [1.165, 1.54) is 16.3 Å². The molecule has 3 atom stereocenters. The van der Waals surface area contributed by atoms with E-state index in [1.807, 2.05) is 24.0 Å². The summed E-state index contributed by atoms with van der Waals surface area (Å²) in [5.41, 5.74) is 3.70. The van der Waals surface area contributed by atoms with E-state index in [9.17, 15) is 0 Å². The second kappa shape index (κ2) is 6.00. The number of rotatable bonds is 3. The minimum Gasteiger partial charge on any atom is -0.338 e. The lowest BCUT2D eigenvalue weighted by molar-refractivity contribution is 0.255. The molecule has 4 rings (SSSR count). The minimum absolute atomic E-state index is 0.0933. The molecule has 4 heteroatoms. The van der Waals surface area contributed by atoms with E-state index in [1.54, 1.807) is 0 Å². The first-order valence-corrected chi connectivity index (χ1v) is 9.23. The van der Waals surface area contributed by atoms with Crippen LogP contribution in [0.25, 0.3) is 0 Å². The molecule has 1 saturated heterocycles. The van der Waals surface area contributed by atoms with Gasteiger partial charge in [0.25, 0.3) is 0 Å². The molecule has 0 radical (unpaired) electrons. The summed E-state index contributed by atoms with van der Waals surface area (Å²) in [6, 6.07) is 16.0. The number of aliphatic imine (C=N–C) groups is 1. The maximum absolute atomic E-state index is 5.04. The predicted molar refractivity (Wildman–Crippen MR) is 96.7 cm³/mol. The summed E-state index contributed by atoms with van der Waals surface area (Å²) >= 11 is 1.89. The fraction of sp³-hybridized carbons (Fsp3) is 0.368. The molecule has 1 fully saturated rings. The predicted octanol–water partition coefficient (Wildman–Crippen LogP) is 4.37. The molecule has 1 aromatic heterocycles. The van der Waals surface area contributed by atoms with Crippen molar-refractivity contribution in [2.24, 2.45) is 4.99 Å². The normalized spacial score (nSPS) is 26.3. The van der Waals surface area contributed by atoms with Crippen molar-refractivity contribution in [2.45, 2.75) is 38.4 Å². The molecule has 0 amide bonds. The summed E-state index contributed by atoms with van der Waals surface area (Å²) in [5.74, 6) is 1.15. The maximum Gasteiger partial charge on any atom is 0.160 e. The highest BCUT2D eigenvalue weighted by Gasteiger charge is 2.45. The van der Waals surface area contributed by atoms with Gasteiger partial charge in [-0.1, -0.05) is 54.6 Å². The average Bonchev–Trinajstić information content (AvgIpc) is 3.15. The number of hydrogen-bond acceptors (Lipinski definition) is 4. The molecule has 0 aliphatic carbocycles. The van der Waals surface area contributed by atoms with E-state index >= 15 is 0 Å². The average molecular weight is 323 g/mol. The highest BCUT2D eigenvalue weighted by atomic mass is 32.2. The third-order valence-corrected chi connectivity index (χ3v) is 5.87. The van der Waals surface area contributed by atoms with Crippen molar-refractivity contribution in [3.8, 4) is 0 Å². The summed E-state index contributed by atoms with van der Waals surface area (Å²) in [6.45, 7) is 4.41. The first kappa shape index (κ1) is 14.8. The Morgan fingerprint density at radius 3 is 2.70 bits per heavy atom. The molecule has 3 nitrogen and oxygen atoms in total. The summed E-state index contributed by atoms with van der Waals surface area (Å²) in [7, 11) is 0. The number of fused-ring (bicyclic) bond motifs is 1. The highest BCUT2D eigenvalue weighted by Crippen LogP contribution is 2.48. The number of aromatic nitrogens is 1. The summed E-state index contributed by atoms with van der Waals surface area (Å²) in [5, 5.41) is 1.19. The quantitative estimate of drug-likeness (QED) is 0.840. The Hall–Kier alpha value is -1.81. The van der Waals surface area contributed by atoms with Gasteiger partial charge in [0.2, 0.25) is 0 Å². The third-order valence-electron chi connectivity index (χ3n) is 4.75. The number of pyridine rings is 1. The van der Waals surface area contributed by atoms with Gasteiger partial charge in [-0.3, -0.25) is 9.98 Å². The molecule has 0 N–H and O–H groups in total. The van der Waals surface area contributed by atoms with E-state index < -0.39 is 0 Å². The lowest BCUT2D eigenvalue weighted by Crippen LogP contribution is -2.35. The number of hydrogen-bond donors (Lipinski definition) is 0. The monoisotopic (exact) mass is 323 g/mol. The van der Waals surface area contributed by atoms with Gasteiger partial charge in [-0.25, -0.2) is 0 Å². The van der Waals surface area contributed by atoms with Crippen LogP contribution in [0.5, 0.6) is 0 Å². The van der Waals surface area contributed by atoms with Crippen molar-refractivity contribution < 1.29 is 0 Å². The first-order valence-electron chi connectivity index (χ1n) is 8.24. The Kier molecular flexibility index (Phi) is 3.85. The van der Waals surface area contributed by atoms with Crippen LogP contribution in [-0.2, 0) is 0 Å². The van der Waals surface area contributed by atoms with Crippen molar-refractivity contribution in [1.29, 1.82) is 0 Å². The number of thioether (sulfide) groups is 1. The number of amidine groups is 1. The largest absolute Gasteiger partial charge is 0.338 e. The summed E-state index contributed by atoms with van der Waals surface area (Å²) in [4.78, 5) is 12.2. The zero-order valence-corrected chi connectivity index (χ0v) is 14.3. The molecule has 2 aliphatic heterocycles. The number of aryl methyl sites for hydroxylation is 1. The Balaban J connectivity index is 1.78. The smallest absolute Gasteiger partial charge is 0.160 e. The zero-order valence-electron chi connectivity index (χ0n) is 13.5. The molecule has 0 saturated carbocycles. The van der Waals surface area contributed by atoms with Crippen molar-refractivity contribution in [2.75, 3.05) is 5.75 Å². The van der Waals surface area contributed by atoms with Crippen LogP contribution in [-0.4, -0.2) is 26.8 Å². The van der Waals surface area contributed by atoms with Gasteiger partial charge in [0, 0.05) is 18.0 Å². The molecule has 0 unspecified atom stereocenters. The molecule has 118 valence electrons. The lowest BCUT2D eigenvalue weighted by atomic mass is 9.94. The van der Waals surface area contributed by atoms with Gasteiger partial charge in [-0.2, -0.15) is 0 Å². The van der Waals surface area contributed by atoms with E-state index in [2.05, 4.69) is 60.1 Å². The van der Waals surface area contributed by atoms with Crippen LogP contribution in [0.3, 0.4) is 0 Å². The third kappa shape index (κ3) is 2.55. The molecule has 1 aromatic carbocycles. The van der Waals surface area contributed by atoms with Gasteiger partial charge in [0.15, 0.2) is 5.17 Å². The minimum atomic E-state index is 0.0933. The van der Waals surface area contributed by atoms with Gasteiger partial charge in [0.1, 0.15) is 6.04 Å². The molecule has 0 bridgehead atoms. The topological polar surface area (TPSA) is 28.5 Å². The van der Waals surface area contributed by atoms with E-state index in [-0.39, 0.29) is 12.1 Å². The second-order valence-corrected chi connectivity index (χ2v) is 7.23. The Morgan fingerprint density at radius 1 is 1.17 bits per heavy atom. The van der Waals surface area contributed by atoms with Gasteiger partial charge in [0.05, 0.1) is 11.7 Å². The lowest BCUT2D eigenvalue weighted by Gasteiger charge is -2.32. The fourth-order valence-corrected chi connectivity index (χ4v) is 4.81. The first-order chi connectivity index (χ1) is 11.3. The molecular weight excluding hydrogens is 302 g/mol. The van der Waals surface area contributed by atoms with Crippen molar-refractivity contribution in [3.05, 3.63) is 65.5 Å². The Labute approximate surface area is 141 Å². The van der Waals surface area contributed by atoms with Gasteiger partial charge < -0.3 is 4.90 Å².